The molecule has 1 aliphatic rings. The zero-order chi connectivity index (χ0) is 22.1. The van der Waals surface area contributed by atoms with Crippen molar-refractivity contribution >= 4 is 29.9 Å². The van der Waals surface area contributed by atoms with Gasteiger partial charge in [0.2, 0.25) is 0 Å². The molecule has 1 saturated heterocycles. The number of hydrogen-bond donors (Lipinski definition) is 2. The molecule has 1 fully saturated rings. The van der Waals surface area contributed by atoms with Crippen molar-refractivity contribution in [3.05, 3.63) is 59.9 Å². The Labute approximate surface area is 207 Å². The Morgan fingerprint density at radius 3 is 2.47 bits per heavy atom. The topological polar surface area (TPSA) is 64.1 Å². The van der Waals surface area contributed by atoms with Crippen molar-refractivity contribution in [1.29, 1.82) is 0 Å². The number of rotatable bonds is 8. The van der Waals surface area contributed by atoms with E-state index in [2.05, 4.69) is 15.6 Å². The molecule has 0 aromatic heterocycles. The maximum absolute atomic E-state index is 13.4. The molecule has 6 nitrogen and oxygen atoms in total. The van der Waals surface area contributed by atoms with Crippen molar-refractivity contribution in [2.75, 3.05) is 40.5 Å². The minimum Gasteiger partial charge on any atom is -0.497 e. The van der Waals surface area contributed by atoms with Gasteiger partial charge in [-0.05, 0) is 49.6 Å². The molecule has 1 aliphatic heterocycles. The van der Waals surface area contributed by atoms with E-state index in [0.717, 1.165) is 29.9 Å². The van der Waals surface area contributed by atoms with E-state index >= 15 is 0 Å². The summed E-state index contributed by atoms with van der Waals surface area (Å²) in [5, 5.41) is 6.77. The van der Waals surface area contributed by atoms with Crippen LogP contribution >= 0.6 is 24.0 Å². The summed E-state index contributed by atoms with van der Waals surface area (Å²) in [6.07, 6.45) is 1.68. The van der Waals surface area contributed by atoms with Crippen LogP contribution in [0.2, 0.25) is 0 Å². The van der Waals surface area contributed by atoms with Crippen molar-refractivity contribution in [2.45, 2.75) is 31.3 Å². The molecule has 0 bridgehead atoms. The minimum absolute atomic E-state index is 0. The summed E-state index contributed by atoms with van der Waals surface area (Å²) in [5.41, 5.74) is 1.00. The SMILES string of the molecule is CN=C(NCC(C)Oc1cccc(OC)c1)NCC1(c2ccc(F)cc2)CCOCC1.I. The predicted molar refractivity (Wildman–Crippen MR) is 136 cm³/mol. The first-order chi connectivity index (χ1) is 15.0. The van der Waals surface area contributed by atoms with Crippen LogP contribution in [0.4, 0.5) is 4.39 Å². The van der Waals surface area contributed by atoms with Crippen LogP contribution in [0.15, 0.2) is 53.5 Å². The van der Waals surface area contributed by atoms with E-state index < -0.39 is 0 Å². The third-order valence-electron chi connectivity index (χ3n) is 5.66. The van der Waals surface area contributed by atoms with Gasteiger partial charge in [-0.3, -0.25) is 4.99 Å². The second-order valence-electron chi connectivity index (χ2n) is 7.81. The first-order valence-corrected chi connectivity index (χ1v) is 10.6. The molecule has 3 rings (SSSR count). The third-order valence-corrected chi connectivity index (χ3v) is 5.66. The Balaban J connectivity index is 0.00000363. The van der Waals surface area contributed by atoms with Crippen LogP contribution in [0, 0.1) is 5.82 Å². The number of nitrogens with zero attached hydrogens (tertiary/aromatic N) is 1. The number of halogens is 2. The van der Waals surface area contributed by atoms with Gasteiger partial charge in [0.15, 0.2) is 5.96 Å². The third kappa shape index (κ3) is 7.23. The average molecular weight is 557 g/mol. The fraction of sp³-hybridized carbons (Fsp3) is 0.458. The molecular formula is C24H33FIN3O3. The largest absolute Gasteiger partial charge is 0.497 e. The second kappa shape index (κ2) is 12.8. The normalized spacial score (nSPS) is 16.4. The lowest BCUT2D eigenvalue weighted by molar-refractivity contribution is 0.0513. The van der Waals surface area contributed by atoms with E-state index in [1.807, 2.05) is 43.3 Å². The molecule has 0 radical (unpaired) electrons. The fourth-order valence-corrected chi connectivity index (χ4v) is 3.80. The van der Waals surface area contributed by atoms with Gasteiger partial charge in [-0.15, -0.1) is 24.0 Å². The number of nitrogens with one attached hydrogen (secondary N) is 2. The van der Waals surface area contributed by atoms with Crippen LogP contribution < -0.4 is 20.1 Å². The number of methoxy groups -OCH3 is 1. The highest BCUT2D eigenvalue weighted by atomic mass is 127. The first kappa shape index (κ1) is 26.2. The van der Waals surface area contributed by atoms with Gasteiger partial charge in [0.1, 0.15) is 23.4 Å². The summed E-state index contributed by atoms with van der Waals surface area (Å²) in [5.74, 6) is 2.00. The van der Waals surface area contributed by atoms with Gasteiger partial charge < -0.3 is 24.8 Å². The predicted octanol–water partition coefficient (Wildman–Crippen LogP) is 4.13. The number of guanidine groups is 1. The fourth-order valence-electron chi connectivity index (χ4n) is 3.80. The van der Waals surface area contributed by atoms with E-state index in [9.17, 15) is 4.39 Å². The molecule has 0 spiro atoms. The Bertz CT molecular complexity index is 858. The molecule has 8 heteroatoms. The van der Waals surface area contributed by atoms with Crippen LogP contribution in [0.1, 0.15) is 25.3 Å². The molecule has 2 aromatic rings. The average Bonchev–Trinajstić information content (AvgIpc) is 2.80. The zero-order valence-electron chi connectivity index (χ0n) is 18.9. The van der Waals surface area contributed by atoms with Gasteiger partial charge >= 0.3 is 0 Å². The van der Waals surface area contributed by atoms with Gasteiger partial charge in [0.05, 0.1) is 13.7 Å². The molecule has 2 aromatic carbocycles. The van der Waals surface area contributed by atoms with E-state index in [-0.39, 0.29) is 41.3 Å². The van der Waals surface area contributed by atoms with Gasteiger partial charge in [-0.25, -0.2) is 4.39 Å². The highest BCUT2D eigenvalue weighted by Gasteiger charge is 2.34. The van der Waals surface area contributed by atoms with E-state index in [1.165, 1.54) is 12.1 Å². The summed E-state index contributed by atoms with van der Waals surface area (Å²) in [7, 11) is 3.38. The lowest BCUT2D eigenvalue weighted by Crippen LogP contribution is -2.49. The molecular weight excluding hydrogens is 524 g/mol. The molecule has 176 valence electrons. The van der Waals surface area contributed by atoms with Crippen LogP contribution in [0.5, 0.6) is 11.5 Å². The number of aliphatic imine (C=N–C) groups is 1. The molecule has 1 unspecified atom stereocenters. The number of ether oxygens (including phenoxy) is 3. The summed E-state index contributed by atoms with van der Waals surface area (Å²) >= 11 is 0. The lowest BCUT2D eigenvalue weighted by atomic mass is 9.74. The molecule has 32 heavy (non-hydrogen) atoms. The standard InChI is InChI=1S/C24H32FN3O3.HI/c1-18(31-22-6-4-5-21(15-22)29-3)16-27-23(26-2)28-17-24(11-13-30-14-12-24)19-7-9-20(25)10-8-19;/h4-10,15,18H,11-14,16-17H2,1-3H3,(H2,26,27,28);1H. The Morgan fingerprint density at radius 2 is 1.81 bits per heavy atom. The van der Waals surface area contributed by atoms with Crippen molar-refractivity contribution < 1.29 is 18.6 Å². The Kier molecular flexibility index (Phi) is 10.5. The zero-order valence-corrected chi connectivity index (χ0v) is 21.2. The van der Waals surface area contributed by atoms with Gasteiger partial charge in [-0.1, -0.05) is 18.2 Å². The number of hydrogen-bond acceptors (Lipinski definition) is 4. The molecule has 0 amide bonds. The molecule has 1 heterocycles. The summed E-state index contributed by atoms with van der Waals surface area (Å²) < 4.78 is 30.2. The summed E-state index contributed by atoms with van der Waals surface area (Å²) in [6.45, 7) is 4.65. The van der Waals surface area contributed by atoms with Crippen molar-refractivity contribution in [3.8, 4) is 11.5 Å². The monoisotopic (exact) mass is 557 g/mol. The van der Waals surface area contributed by atoms with Crippen LogP contribution in [0.3, 0.4) is 0 Å². The van der Waals surface area contributed by atoms with Gasteiger partial charge in [0.25, 0.3) is 0 Å². The van der Waals surface area contributed by atoms with Crippen molar-refractivity contribution in [3.63, 3.8) is 0 Å². The maximum Gasteiger partial charge on any atom is 0.191 e. The molecule has 1 atom stereocenters. The van der Waals surface area contributed by atoms with Crippen LogP contribution in [-0.4, -0.2) is 52.5 Å². The first-order valence-electron chi connectivity index (χ1n) is 10.6. The van der Waals surface area contributed by atoms with E-state index in [1.54, 1.807) is 14.2 Å². The Hall–Kier alpha value is -2.07. The van der Waals surface area contributed by atoms with Gasteiger partial charge in [-0.2, -0.15) is 0 Å². The lowest BCUT2D eigenvalue weighted by Gasteiger charge is -2.38. The van der Waals surface area contributed by atoms with E-state index in [0.29, 0.717) is 32.3 Å². The second-order valence-corrected chi connectivity index (χ2v) is 7.81. The molecule has 0 saturated carbocycles. The van der Waals surface area contributed by atoms with Crippen LogP contribution in [0.25, 0.3) is 0 Å². The summed E-state index contributed by atoms with van der Waals surface area (Å²) in [6, 6.07) is 14.4. The molecule has 2 N–H and O–H groups in total. The minimum atomic E-state index is -0.221. The van der Waals surface area contributed by atoms with Crippen molar-refractivity contribution in [2.24, 2.45) is 4.99 Å². The quantitative estimate of drug-likeness (QED) is 0.291. The molecule has 0 aliphatic carbocycles. The Morgan fingerprint density at radius 1 is 1.12 bits per heavy atom. The highest BCUT2D eigenvalue weighted by molar-refractivity contribution is 14.0. The smallest absolute Gasteiger partial charge is 0.191 e. The number of benzene rings is 2. The van der Waals surface area contributed by atoms with Crippen molar-refractivity contribution in [1.82, 2.24) is 10.6 Å². The highest BCUT2D eigenvalue weighted by Crippen LogP contribution is 2.34. The summed E-state index contributed by atoms with van der Waals surface area (Å²) in [4.78, 5) is 4.35. The van der Waals surface area contributed by atoms with Crippen LogP contribution in [-0.2, 0) is 10.2 Å². The maximum atomic E-state index is 13.4. The van der Waals surface area contributed by atoms with E-state index in [4.69, 9.17) is 14.2 Å². The van der Waals surface area contributed by atoms with Gasteiger partial charge in [0, 0.05) is 38.3 Å².